The molecular weight excluding hydrogens is 322 g/mol. The summed E-state index contributed by atoms with van der Waals surface area (Å²) >= 11 is 0. The van der Waals surface area contributed by atoms with Gasteiger partial charge in [-0.05, 0) is 30.2 Å². The van der Waals surface area contributed by atoms with Crippen molar-refractivity contribution in [2.45, 2.75) is 13.3 Å². The maximum Gasteiger partial charge on any atom is 0.329 e. The van der Waals surface area contributed by atoms with Crippen LogP contribution in [-0.2, 0) is 16.0 Å². The van der Waals surface area contributed by atoms with Gasteiger partial charge in [0, 0.05) is 11.8 Å². The van der Waals surface area contributed by atoms with Crippen LogP contribution in [0.4, 0.5) is 10.5 Å². The fraction of sp³-hybridized carbons (Fsp3) is 0.167. The molecule has 1 aromatic carbocycles. The van der Waals surface area contributed by atoms with Gasteiger partial charge in [0.15, 0.2) is 0 Å². The van der Waals surface area contributed by atoms with Crippen molar-refractivity contribution >= 4 is 29.6 Å². The predicted molar refractivity (Wildman–Crippen MR) is 91.4 cm³/mol. The van der Waals surface area contributed by atoms with Crippen LogP contribution in [0, 0.1) is 0 Å². The largest absolute Gasteiger partial charge is 0.465 e. The highest BCUT2D eigenvalue weighted by Gasteiger charge is 2.35. The van der Waals surface area contributed by atoms with Crippen molar-refractivity contribution in [2.75, 3.05) is 11.9 Å². The first-order chi connectivity index (χ1) is 12.1. The molecule has 0 atom stereocenters. The minimum Gasteiger partial charge on any atom is -0.465 e. The molecule has 3 rings (SSSR count). The molecule has 0 radical (unpaired) electrons. The Bertz CT molecular complexity index is 840. The van der Waals surface area contributed by atoms with Crippen molar-refractivity contribution in [1.82, 2.24) is 10.2 Å². The quantitative estimate of drug-likeness (QED) is 0.646. The Hall–Kier alpha value is -3.35. The van der Waals surface area contributed by atoms with Gasteiger partial charge < -0.3 is 15.1 Å². The molecule has 2 heterocycles. The summed E-state index contributed by atoms with van der Waals surface area (Å²) in [7, 11) is 0. The summed E-state index contributed by atoms with van der Waals surface area (Å²) in [6.07, 6.45) is 3.64. The van der Waals surface area contributed by atoms with E-state index in [-0.39, 0.29) is 12.2 Å². The zero-order valence-corrected chi connectivity index (χ0v) is 13.6. The predicted octanol–water partition coefficient (Wildman–Crippen LogP) is 2.37. The molecule has 2 aromatic rings. The molecule has 1 fully saturated rings. The minimum absolute atomic E-state index is 0.0710. The van der Waals surface area contributed by atoms with Gasteiger partial charge in [-0.2, -0.15) is 0 Å². The van der Waals surface area contributed by atoms with Crippen LogP contribution in [0.5, 0.6) is 0 Å². The molecule has 25 heavy (non-hydrogen) atoms. The minimum atomic E-state index is -0.637. The molecule has 0 spiro atoms. The summed E-state index contributed by atoms with van der Waals surface area (Å²) in [4.78, 5) is 37.4. The average molecular weight is 339 g/mol. The number of amides is 4. The number of rotatable bonds is 5. The number of carbonyl (C=O) groups is 3. The van der Waals surface area contributed by atoms with E-state index >= 15 is 0 Å². The number of aryl methyl sites for hydroxylation is 1. The molecule has 0 saturated carbocycles. The molecule has 0 unspecified atom stereocenters. The van der Waals surface area contributed by atoms with Crippen LogP contribution in [0.3, 0.4) is 0 Å². The zero-order valence-electron chi connectivity index (χ0n) is 13.6. The second-order valence-corrected chi connectivity index (χ2v) is 5.45. The highest BCUT2D eigenvalue weighted by atomic mass is 16.3. The number of furan rings is 1. The van der Waals surface area contributed by atoms with E-state index in [1.807, 2.05) is 25.1 Å². The Labute approximate surface area is 144 Å². The van der Waals surface area contributed by atoms with Gasteiger partial charge in [0.25, 0.3) is 5.91 Å². The number of nitrogens with zero attached hydrogens (tertiary/aromatic N) is 1. The van der Waals surface area contributed by atoms with Crippen molar-refractivity contribution in [1.29, 1.82) is 0 Å². The Morgan fingerprint density at radius 3 is 2.76 bits per heavy atom. The summed E-state index contributed by atoms with van der Waals surface area (Å²) in [6.45, 7) is 1.62. The third-order valence-electron chi connectivity index (χ3n) is 3.77. The van der Waals surface area contributed by atoms with Crippen LogP contribution < -0.4 is 10.6 Å². The van der Waals surface area contributed by atoms with E-state index in [0.717, 1.165) is 16.9 Å². The SMILES string of the molecule is CCc1ccccc1NC(=O)CN1C(=O)N/C(=C/c2ccco2)C1=O. The molecule has 7 nitrogen and oxygen atoms in total. The third-order valence-corrected chi connectivity index (χ3v) is 3.77. The van der Waals surface area contributed by atoms with Gasteiger partial charge >= 0.3 is 6.03 Å². The highest BCUT2D eigenvalue weighted by Crippen LogP contribution is 2.17. The first-order valence-electron chi connectivity index (χ1n) is 7.84. The van der Waals surface area contributed by atoms with Gasteiger partial charge in [-0.15, -0.1) is 0 Å². The lowest BCUT2D eigenvalue weighted by molar-refractivity contribution is -0.127. The summed E-state index contributed by atoms with van der Waals surface area (Å²) in [6, 6.07) is 10.1. The maximum absolute atomic E-state index is 12.3. The van der Waals surface area contributed by atoms with Crippen molar-refractivity contribution in [3.8, 4) is 0 Å². The monoisotopic (exact) mass is 339 g/mol. The number of hydrogen-bond donors (Lipinski definition) is 2. The van der Waals surface area contributed by atoms with E-state index in [4.69, 9.17) is 4.42 Å². The van der Waals surface area contributed by atoms with Crippen molar-refractivity contribution in [3.05, 3.63) is 59.7 Å². The van der Waals surface area contributed by atoms with E-state index in [9.17, 15) is 14.4 Å². The lowest BCUT2D eigenvalue weighted by atomic mass is 10.1. The topological polar surface area (TPSA) is 91.7 Å². The smallest absolute Gasteiger partial charge is 0.329 e. The van der Waals surface area contributed by atoms with E-state index in [1.165, 1.54) is 12.3 Å². The van der Waals surface area contributed by atoms with Gasteiger partial charge in [-0.25, -0.2) is 9.69 Å². The number of imide groups is 1. The molecule has 1 aliphatic heterocycles. The Balaban J connectivity index is 1.69. The molecular formula is C18H17N3O4. The van der Waals surface area contributed by atoms with E-state index < -0.39 is 17.8 Å². The first-order valence-corrected chi connectivity index (χ1v) is 7.84. The molecule has 128 valence electrons. The molecule has 1 aliphatic rings. The number of nitrogens with one attached hydrogen (secondary N) is 2. The molecule has 1 aromatic heterocycles. The zero-order chi connectivity index (χ0) is 17.8. The number of hydrogen-bond acceptors (Lipinski definition) is 4. The number of benzene rings is 1. The van der Waals surface area contributed by atoms with Crippen LogP contribution in [-0.4, -0.2) is 29.3 Å². The maximum atomic E-state index is 12.3. The molecule has 1 saturated heterocycles. The van der Waals surface area contributed by atoms with Crippen LogP contribution >= 0.6 is 0 Å². The number of urea groups is 1. The lowest BCUT2D eigenvalue weighted by Gasteiger charge is -2.13. The number of anilines is 1. The van der Waals surface area contributed by atoms with Gasteiger partial charge in [0.05, 0.1) is 6.26 Å². The van der Waals surface area contributed by atoms with Gasteiger partial charge in [-0.3, -0.25) is 9.59 Å². The molecule has 4 amide bonds. The Morgan fingerprint density at radius 2 is 2.04 bits per heavy atom. The average Bonchev–Trinajstić information content (AvgIpc) is 3.20. The first kappa shape index (κ1) is 16.5. The highest BCUT2D eigenvalue weighted by molar-refractivity contribution is 6.15. The van der Waals surface area contributed by atoms with E-state index in [2.05, 4.69) is 10.6 Å². The third kappa shape index (κ3) is 3.60. The summed E-state index contributed by atoms with van der Waals surface area (Å²) in [5.74, 6) is -0.573. The number of carbonyl (C=O) groups excluding carboxylic acids is 3. The molecule has 7 heteroatoms. The second-order valence-electron chi connectivity index (χ2n) is 5.45. The Morgan fingerprint density at radius 1 is 1.24 bits per heavy atom. The molecule has 0 aliphatic carbocycles. The van der Waals surface area contributed by atoms with Crippen LogP contribution in [0.1, 0.15) is 18.2 Å². The van der Waals surface area contributed by atoms with E-state index in [1.54, 1.807) is 18.2 Å². The fourth-order valence-electron chi connectivity index (χ4n) is 2.51. The second kappa shape index (κ2) is 7.04. The number of para-hydroxylation sites is 1. The summed E-state index contributed by atoms with van der Waals surface area (Å²) in [5.41, 5.74) is 1.72. The van der Waals surface area contributed by atoms with Gasteiger partial charge in [-0.1, -0.05) is 25.1 Å². The van der Waals surface area contributed by atoms with Crippen LogP contribution in [0.25, 0.3) is 6.08 Å². The van der Waals surface area contributed by atoms with Gasteiger partial charge in [0.2, 0.25) is 5.91 Å². The molecule has 2 N–H and O–H groups in total. The normalized spacial score (nSPS) is 15.6. The van der Waals surface area contributed by atoms with Crippen LogP contribution in [0.2, 0.25) is 0 Å². The van der Waals surface area contributed by atoms with Crippen molar-refractivity contribution in [2.24, 2.45) is 0 Å². The summed E-state index contributed by atoms with van der Waals surface area (Å²) in [5, 5.41) is 5.18. The lowest BCUT2D eigenvalue weighted by Crippen LogP contribution is -2.38. The standard InChI is InChI=1S/C18H17N3O4/c1-2-12-6-3-4-8-14(12)19-16(22)11-21-17(23)15(20-18(21)24)10-13-7-5-9-25-13/h3-10H,2,11H2,1H3,(H,19,22)(H,20,24)/b15-10+. The fourth-order valence-corrected chi connectivity index (χ4v) is 2.51. The van der Waals surface area contributed by atoms with E-state index in [0.29, 0.717) is 11.4 Å². The van der Waals surface area contributed by atoms with Crippen LogP contribution in [0.15, 0.2) is 52.8 Å². The molecule has 0 bridgehead atoms. The Kier molecular flexibility index (Phi) is 4.65. The van der Waals surface area contributed by atoms with Crippen molar-refractivity contribution < 1.29 is 18.8 Å². The van der Waals surface area contributed by atoms with Crippen molar-refractivity contribution in [3.63, 3.8) is 0 Å². The van der Waals surface area contributed by atoms with Gasteiger partial charge in [0.1, 0.15) is 18.0 Å². The summed E-state index contributed by atoms with van der Waals surface area (Å²) < 4.78 is 5.12.